The zero-order valence-corrected chi connectivity index (χ0v) is 17.9. The minimum absolute atomic E-state index is 0.180. The molecule has 26 heavy (non-hydrogen) atoms. The Morgan fingerprint density at radius 2 is 1.04 bits per heavy atom. The standard InChI is InChI=1S/C24H46O2/c1-4-6-7-8-9-10-11-12-13-14-15-16-17-18-19-21-23(20-5-2)22(3)24(25)26/h23H,3-21H2,1-2H3,(H,25,26). The summed E-state index contributed by atoms with van der Waals surface area (Å²) >= 11 is 0. The van der Waals surface area contributed by atoms with Crippen LogP contribution in [0.5, 0.6) is 0 Å². The van der Waals surface area contributed by atoms with E-state index in [1.165, 1.54) is 89.9 Å². The summed E-state index contributed by atoms with van der Waals surface area (Å²) in [5, 5.41) is 9.11. The highest BCUT2D eigenvalue weighted by atomic mass is 16.4. The van der Waals surface area contributed by atoms with Crippen molar-refractivity contribution in [3.05, 3.63) is 12.2 Å². The van der Waals surface area contributed by atoms with Crippen LogP contribution in [0.15, 0.2) is 12.2 Å². The SMILES string of the molecule is C=C(C(=O)O)C(CCC)CCCCCCCCCCCCCCCCC. The van der Waals surface area contributed by atoms with Crippen LogP contribution in [0.3, 0.4) is 0 Å². The third-order valence-electron chi connectivity index (χ3n) is 5.56. The fourth-order valence-corrected chi connectivity index (χ4v) is 3.78. The van der Waals surface area contributed by atoms with Gasteiger partial charge in [0, 0.05) is 5.57 Å². The summed E-state index contributed by atoms with van der Waals surface area (Å²) < 4.78 is 0. The zero-order valence-electron chi connectivity index (χ0n) is 17.9. The van der Waals surface area contributed by atoms with Gasteiger partial charge in [-0.1, -0.05) is 123 Å². The van der Waals surface area contributed by atoms with Crippen molar-refractivity contribution in [2.75, 3.05) is 0 Å². The Balaban J connectivity index is 3.37. The molecule has 0 spiro atoms. The lowest BCUT2D eigenvalue weighted by molar-refractivity contribution is -0.133. The molecule has 1 N–H and O–H groups in total. The van der Waals surface area contributed by atoms with E-state index in [9.17, 15) is 4.79 Å². The number of unbranched alkanes of at least 4 members (excludes halogenated alkanes) is 14. The maximum Gasteiger partial charge on any atom is 0.331 e. The number of carbonyl (C=O) groups is 1. The molecule has 1 unspecified atom stereocenters. The van der Waals surface area contributed by atoms with Crippen LogP contribution in [0.25, 0.3) is 0 Å². The summed E-state index contributed by atoms with van der Waals surface area (Å²) in [5.41, 5.74) is 0.414. The van der Waals surface area contributed by atoms with Crippen molar-refractivity contribution in [2.45, 2.75) is 129 Å². The molecule has 0 aliphatic carbocycles. The van der Waals surface area contributed by atoms with Gasteiger partial charge in [0.05, 0.1) is 0 Å². The average Bonchev–Trinajstić information content (AvgIpc) is 2.63. The van der Waals surface area contributed by atoms with E-state index in [1.807, 2.05) is 0 Å². The first kappa shape index (κ1) is 25.2. The number of rotatable bonds is 20. The molecule has 0 amide bonds. The number of carboxylic acids is 1. The number of hydrogen-bond acceptors (Lipinski definition) is 1. The second-order valence-electron chi connectivity index (χ2n) is 8.05. The summed E-state index contributed by atoms with van der Waals surface area (Å²) in [6.45, 7) is 8.16. The molecule has 0 aliphatic rings. The van der Waals surface area contributed by atoms with Crippen molar-refractivity contribution in [3.63, 3.8) is 0 Å². The van der Waals surface area contributed by atoms with Crippen molar-refractivity contribution in [2.24, 2.45) is 5.92 Å². The van der Waals surface area contributed by atoms with Crippen LogP contribution in [0.1, 0.15) is 129 Å². The third kappa shape index (κ3) is 15.5. The molecule has 0 heterocycles. The molecule has 1 atom stereocenters. The highest BCUT2D eigenvalue weighted by Gasteiger charge is 2.16. The van der Waals surface area contributed by atoms with Gasteiger partial charge in [0.2, 0.25) is 0 Å². The second kappa shape index (κ2) is 19.0. The number of carboxylic acid groups (broad SMARTS) is 1. The van der Waals surface area contributed by atoms with Gasteiger partial charge >= 0.3 is 5.97 Å². The Morgan fingerprint density at radius 1 is 0.654 bits per heavy atom. The molecule has 154 valence electrons. The maximum atomic E-state index is 11.1. The van der Waals surface area contributed by atoms with Gasteiger partial charge < -0.3 is 5.11 Å². The second-order valence-corrected chi connectivity index (χ2v) is 8.05. The van der Waals surface area contributed by atoms with Gasteiger partial charge in [0.15, 0.2) is 0 Å². The lowest BCUT2D eigenvalue weighted by Crippen LogP contribution is -2.11. The third-order valence-corrected chi connectivity index (χ3v) is 5.56. The van der Waals surface area contributed by atoms with Gasteiger partial charge in [-0.3, -0.25) is 0 Å². The van der Waals surface area contributed by atoms with E-state index < -0.39 is 5.97 Å². The van der Waals surface area contributed by atoms with Crippen LogP contribution < -0.4 is 0 Å². The van der Waals surface area contributed by atoms with Crippen LogP contribution in [0.4, 0.5) is 0 Å². The van der Waals surface area contributed by atoms with Crippen molar-refractivity contribution in [1.29, 1.82) is 0 Å². The van der Waals surface area contributed by atoms with Gasteiger partial charge in [-0.05, 0) is 18.8 Å². The maximum absolute atomic E-state index is 11.1. The summed E-state index contributed by atoms with van der Waals surface area (Å²) in [6.07, 6.45) is 23.5. The topological polar surface area (TPSA) is 37.3 Å². The molecule has 0 saturated carbocycles. The quantitative estimate of drug-likeness (QED) is 0.174. The Kier molecular flexibility index (Phi) is 18.4. The monoisotopic (exact) mass is 366 g/mol. The fraction of sp³-hybridized carbons (Fsp3) is 0.875. The average molecular weight is 367 g/mol. The Bertz CT molecular complexity index is 335. The van der Waals surface area contributed by atoms with Gasteiger partial charge in [-0.25, -0.2) is 4.79 Å². The molecule has 0 radical (unpaired) electrons. The minimum atomic E-state index is -0.815. The molecule has 0 aliphatic heterocycles. The normalized spacial score (nSPS) is 12.2. The predicted molar refractivity (Wildman–Crippen MR) is 115 cm³/mol. The van der Waals surface area contributed by atoms with E-state index in [-0.39, 0.29) is 5.92 Å². The lowest BCUT2D eigenvalue weighted by atomic mass is 9.90. The zero-order chi connectivity index (χ0) is 19.5. The molecular formula is C24H46O2. The Morgan fingerprint density at radius 3 is 1.38 bits per heavy atom. The number of hydrogen-bond donors (Lipinski definition) is 1. The van der Waals surface area contributed by atoms with Gasteiger partial charge in [-0.15, -0.1) is 0 Å². The van der Waals surface area contributed by atoms with Gasteiger partial charge in [-0.2, -0.15) is 0 Å². The summed E-state index contributed by atoms with van der Waals surface area (Å²) in [4.78, 5) is 11.1. The largest absolute Gasteiger partial charge is 0.478 e. The van der Waals surface area contributed by atoms with Crippen molar-refractivity contribution >= 4 is 5.97 Å². The summed E-state index contributed by atoms with van der Waals surface area (Å²) in [6, 6.07) is 0. The first-order valence-corrected chi connectivity index (χ1v) is 11.6. The first-order valence-electron chi connectivity index (χ1n) is 11.6. The van der Waals surface area contributed by atoms with Crippen molar-refractivity contribution < 1.29 is 9.90 Å². The molecular weight excluding hydrogens is 320 g/mol. The molecule has 0 bridgehead atoms. The number of aliphatic carboxylic acids is 1. The summed E-state index contributed by atoms with van der Waals surface area (Å²) in [5.74, 6) is -0.635. The van der Waals surface area contributed by atoms with Crippen LogP contribution in [-0.2, 0) is 4.79 Å². The highest BCUT2D eigenvalue weighted by Crippen LogP contribution is 2.23. The predicted octanol–water partition coefficient (Wildman–Crippen LogP) is 8.31. The molecule has 0 aromatic rings. The van der Waals surface area contributed by atoms with E-state index in [2.05, 4.69) is 20.4 Å². The Hall–Kier alpha value is -0.790. The molecule has 2 nitrogen and oxygen atoms in total. The van der Waals surface area contributed by atoms with Crippen LogP contribution >= 0.6 is 0 Å². The highest BCUT2D eigenvalue weighted by molar-refractivity contribution is 5.86. The summed E-state index contributed by atoms with van der Waals surface area (Å²) in [7, 11) is 0. The van der Waals surface area contributed by atoms with E-state index in [4.69, 9.17) is 5.11 Å². The first-order chi connectivity index (χ1) is 12.6. The van der Waals surface area contributed by atoms with E-state index >= 15 is 0 Å². The molecule has 0 fully saturated rings. The minimum Gasteiger partial charge on any atom is -0.478 e. The van der Waals surface area contributed by atoms with Crippen LogP contribution in [-0.4, -0.2) is 11.1 Å². The molecule has 0 aromatic heterocycles. The van der Waals surface area contributed by atoms with Gasteiger partial charge in [0.1, 0.15) is 0 Å². The van der Waals surface area contributed by atoms with Crippen molar-refractivity contribution in [1.82, 2.24) is 0 Å². The van der Waals surface area contributed by atoms with Gasteiger partial charge in [0.25, 0.3) is 0 Å². The Labute approximate surface area is 163 Å². The molecule has 0 aromatic carbocycles. The smallest absolute Gasteiger partial charge is 0.331 e. The van der Waals surface area contributed by atoms with Crippen molar-refractivity contribution in [3.8, 4) is 0 Å². The van der Waals surface area contributed by atoms with Crippen LogP contribution in [0, 0.1) is 5.92 Å². The molecule has 2 heteroatoms. The van der Waals surface area contributed by atoms with E-state index in [0.29, 0.717) is 5.57 Å². The van der Waals surface area contributed by atoms with E-state index in [0.717, 1.165) is 25.7 Å². The lowest BCUT2D eigenvalue weighted by Gasteiger charge is -2.15. The van der Waals surface area contributed by atoms with Crippen LogP contribution in [0.2, 0.25) is 0 Å². The fourth-order valence-electron chi connectivity index (χ4n) is 3.78. The molecule has 0 saturated heterocycles. The molecule has 0 rings (SSSR count). The van der Waals surface area contributed by atoms with E-state index in [1.54, 1.807) is 0 Å².